The van der Waals surface area contributed by atoms with E-state index in [0.717, 1.165) is 43.1 Å². The molecule has 1 atom stereocenters. The summed E-state index contributed by atoms with van der Waals surface area (Å²) in [6.07, 6.45) is 3.66. The highest BCUT2D eigenvalue weighted by atomic mass is 16.5. The van der Waals surface area contributed by atoms with E-state index in [1.165, 1.54) is 0 Å². The van der Waals surface area contributed by atoms with Crippen LogP contribution in [0.5, 0.6) is 5.75 Å². The number of amides is 2. The van der Waals surface area contributed by atoms with E-state index in [-0.39, 0.29) is 12.1 Å². The van der Waals surface area contributed by atoms with Gasteiger partial charge in [-0.1, -0.05) is 12.1 Å². The number of aryl methyl sites for hydroxylation is 1. The Hall–Kier alpha value is -2.57. The summed E-state index contributed by atoms with van der Waals surface area (Å²) in [7, 11) is 1.65. The molecule has 1 aromatic carbocycles. The summed E-state index contributed by atoms with van der Waals surface area (Å²) < 4.78 is 7.12. The summed E-state index contributed by atoms with van der Waals surface area (Å²) in [6.45, 7) is 3.97. The second-order valence-electron chi connectivity index (χ2n) is 5.82. The number of ether oxygens (including phenoxy) is 1. The molecule has 2 heterocycles. The lowest BCUT2D eigenvalue weighted by Gasteiger charge is -2.25. The van der Waals surface area contributed by atoms with Crippen LogP contribution < -0.4 is 10.1 Å². The fourth-order valence-corrected chi connectivity index (χ4v) is 3.12. The normalized spacial score (nSPS) is 17.1. The van der Waals surface area contributed by atoms with Crippen LogP contribution >= 0.6 is 0 Å². The molecule has 24 heavy (non-hydrogen) atoms. The average molecular weight is 329 g/mol. The zero-order valence-electron chi connectivity index (χ0n) is 14.1. The Morgan fingerprint density at radius 2 is 2.17 bits per heavy atom. The summed E-state index contributed by atoms with van der Waals surface area (Å²) in [5, 5.41) is 10.9. The number of methoxy groups -OCH3 is 1. The molecule has 0 bridgehead atoms. The van der Waals surface area contributed by atoms with Gasteiger partial charge in [0, 0.05) is 13.1 Å². The maximum atomic E-state index is 12.6. The summed E-state index contributed by atoms with van der Waals surface area (Å²) in [4.78, 5) is 14.5. The number of carbonyl (C=O) groups excluding carboxylic acids is 1. The lowest BCUT2D eigenvalue weighted by atomic mass is 10.0. The average Bonchev–Trinajstić information content (AvgIpc) is 3.28. The van der Waals surface area contributed by atoms with Crippen LogP contribution in [0.15, 0.2) is 30.6 Å². The van der Waals surface area contributed by atoms with Crippen molar-refractivity contribution >= 4 is 6.03 Å². The minimum Gasteiger partial charge on any atom is -0.497 e. The quantitative estimate of drug-likeness (QED) is 0.914. The summed E-state index contributed by atoms with van der Waals surface area (Å²) in [5.41, 5.74) is 1.14. The van der Waals surface area contributed by atoms with E-state index in [2.05, 4.69) is 15.5 Å². The molecule has 0 unspecified atom stereocenters. The number of hydrogen-bond donors (Lipinski definition) is 1. The van der Waals surface area contributed by atoms with Crippen molar-refractivity contribution in [2.24, 2.45) is 0 Å². The van der Waals surface area contributed by atoms with Gasteiger partial charge in [0.2, 0.25) is 0 Å². The van der Waals surface area contributed by atoms with Gasteiger partial charge in [0.25, 0.3) is 0 Å². The Morgan fingerprint density at radius 1 is 1.38 bits per heavy atom. The van der Waals surface area contributed by atoms with Gasteiger partial charge in [0.1, 0.15) is 12.1 Å². The minimum atomic E-state index is -0.0565. The maximum absolute atomic E-state index is 12.6. The molecule has 1 fully saturated rings. The van der Waals surface area contributed by atoms with Gasteiger partial charge in [0.05, 0.1) is 19.7 Å². The van der Waals surface area contributed by atoms with Crippen molar-refractivity contribution in [3.05, 3.63) is 42.0 Å². The minimum absolute atomic E-state index is 0.0565. The third kappa shape index (κ3) is 3.34. The maximum Gasteiger partial charge on any atom is 0.318 e. The molecule has 0 saturated carbocycles. The highest BCUT2D eigenvalue weighted by Gasteiger charge is 2.29. The van der Waals surface area contributed by atoms with E-state index in [1.54, 1.807) is 13.4 Å². The second kappa shape index (κ2) is 7.33. The molecule has 1 aromatic heterocycles. The van der Waals surface area contributed by atoms with E-state index < -0.39 is 0 Å². The first-order valence-electron chi connectivity index (χ1n) is 8.28. The summed E-state index contributed by atoms with van der Waals surface area (Å²) >= 11 is 0. The van der Waals surface area contributed by atoms with Crippen LogP contribution in [0.1, 0.15) is 37.2 Å². The first kappa shape index (κ1) is 16.3. The molecule has 1 saturated heterocycles. The molecule has 2 amide bonds. The Kier molecular flexibility index (Phi) is 4.98. The van der Waals surface area contributed by atoms with Crippen LogP contribution in [0.4, 0.5) is 4.79 Å². The summed E-state index contributed by atoms with van der Waals surface area (Å²) in [6, 6.07) is 7.99. The smallest absolute Gasteiger partial charge is 0.318 e. The zero-order chi connectivity index (χ0) is 16.9. The number of hydrogen-bond acceptors (Lipinski definition) is 4. The van der Waals surface area contributed by atoms with E-state index >= 15 is 0 Å². The number of nitrogens with one attached hydrogen (secondary N) is 1. The van der Waals surface area contributed by atoms with Crippen LogP contribution in [0, 0.1) is 0 Å². The SMILES string of the molecule is CCn1cnnc1CNC(=O)N1CCC[C@H]1c1ccc(OC)cc1. The molecule has 3 rings (SSSR count). The van der Waals surface area contributed by atoms with Gasteiger partial charge in [-0.3, -0.25) is 0 Å². The topological polar surface area (TPSA) is 72.3 Å². The number of nitrogens with zero attached hydrogens (tertiary/aromatic N) is 4. The van der Waals surface area contributed by atoms with Crippen molar-refractivity contribution in [1.29, 1.82) is 0 Å². The second-order valence-corrected chi connectivity index (χ2v) is 5.82. The molecule has 1 aliphatic rings. The Balaban J connectivity index is 1.64. The number of urea groups is 1. The fourth-order valence-electron chi connectivity index (χ4n) is 3.12. The third-order valence-electron chi connectivity index (χ3n) is 4.45. The van der Waals surface area contributed by atoms with E-state index in [9.17, 15) is 4.79 Å². The number of rotatable bonds is 5. The van der Waals surface area contributed by atoms with Crippen molar-refractivity contribution < 1.29 is 9.53 Å². The molecule has 128 valence electrons. The van der Waals surface area contributed by atoms with Crippen molar-refractivity contribution in [2.45, 2.75) is 38.9 Å². The lowest BCUT2D eigenvalue weighted by molar-refractivity contribution is 0.192. The largest absolute Gasteiger partial charge is 0.497 e. The van der Waals surface area contributed by atoms with Crippen molar-refractivity contribution in [2.75, 3.05) is 13.7 Å². The lowest BCUT2D eigenvalue weighted by Crippen LogP contribution is -2.39. The molecule has 7 heteroatoms. The molecule has 1 N–H and O–H groups in total. The van der Waals surface area contributed by atoms with Crippen LogP contribution in [0.25, 0.3) is 0 Å². The molecule has 2 aromatic rings. The zero-order valence-corrected chi connectivity index (χ0v) is 14.1. The van der Waals surface area contributed by atoms with Gasteiger partial charge in [-0.25, -0.2) is 4.79 Å². The molecule has 0 aliphatic carbocycles. The fraction of sp³-hybridized carbons (Fsp3) is 0.471. The van der Waals surface area contributed by atoms with Crippen molar-refractivity contribution in [3.63, 3.8) is 0 Å². The standard InChI is InChI=1S/C17H23N5O2/c1-3-21-12-19-20-16(21)11-18-17(23)22-10-4-5-15(22)13-6-8-14(24-2)9-7-13/h6-9,12,15H,3-5,10-11H2,1-2H3,(H,18,23)/t15-/m0/s1. The van der Waals surface area contributed by atoms with Crippen LogP contribution in [0.2, 0.25) is 0 Å². The third-order valence-corrected chi connectivity index (χ3v) is 4.45. The first-order chi connectivity index (χ1) is 11.7. The molecule has 0 radical (unpaired) electrons. The van der Waals surface area contributed by atoms with Crippen molar-refractivity contribution in [1.82, 2.24) is 25.0 Å². The predicted molar refractivity (Wildman–Crippen MR) is 89.6 cm³/mol. The predicted octanol–water partition coefficient (Wildman–Crippen LogP) is 2.35. The summed E-state index contributed by atoms with van der Waals surface area (Å²) in [5.74, 6) is 1.60. The van der Waals surface area contributed by atoms with Gasteiger partial charge in [0.15, 0.2) is 5.82 Å². The molecule has 0 spiro atoms. The van der Waals surface area contributed by atoms with Gasteiger partial charge in [-0.05, 0) is 37.5 Å². The molecular formula is C17H23N5O2. The van der Waals surface area contributed by atoms with Gasteiger partial charge < -0.3 is 19.5 Å². The van der Waals surface area contributed by atoms with E-state index in [1.807, 2.05) is 40.7 Å². The Bertz CT molecular complexity index is 683. The highest BCUT2D eigenvalue weighted by Crippen LogP contribution is 2.32. The molecule has 7 nitrogen and oxygen atoms in total. The number of likely N-dealkylation sites (tertiary alicyclic amines) is 1. The monoisotopic (exact) mass is 329 g/mol. The van der Waals surface area contributed by atoms with Gasteiger partial charge in [-0.2, -0.15) is 0 Å². The molecular weight excluding hydrogens is 306 g/mol. The number of aromatic nitrogens is 3. The highest BCUT2D eigenvalue weighted by molar-refractivity contribution is 5.75. The van der Waals surface area contributed by atoms with Crippen LogP contribution in [0.3, 0.4) is 0 Å². The first-order valence-corrected chi connectivity index (χ1v) is 8.28. The van der Waals surface area contributed by atoms with Crippen molar-refractivity contribution in [3.8, 4) is 5.75 Å². The Morgan fingerprint density at radius 3 is 2.88 bits per heavy atom. The number of carbonyl (C=O) groups is 1. The Labute approximate surface area is 141 Å². The van der Waals surface area contributed by atoms with E-state index in [4.69, 9.17) is 4.74 Å². The van der Waals surface area contributed by atoms with Gasteiger partial charge in [-0.15, -0.1) is 10.2 Å². The molecule has 1 aliphatic heterocycles. The number of benzene rings is 1. The van der Waals surface area contributed by atoms with Crippen LogP contribution in [-0.2, 0) is 13.1 Å². The van der Waals surface area contributed by atoms with Crippen LogP contribution in [-0.4, -0.2) is 39.4 Å². The van der Waals surface area contributed by atoms with Gasteiger partial charge >= 0.3 is 6.03 Å². The van der Waals surface area contributed by atoms with E-state index in [0.29, 0.717) is 6.54 Å².